The first-order valence-corrected chi connectivity index (χ1v) is 11.5. The Labute approximate surface area is 188 Å². The molecule has 1 spiro atoms. The Morgan fingerprint density at radius 3 is 2.28 bits per heavy atom. The second kappa shape index (κ2) is 9.28. The minimum Gasteiger partial charge on any atom is -0.336 e. The van der Waals surface area contributed by atoms with Crippen LogP contribution in [0.25, 0.3) is 0 Å². The van der Waals surface area contributed by atoms with Crippen LogP contribution in [0.1, 0.15) is 54.9 Å². The highest BCUT2D eigenvalue weighted by Crippen LogP contribution is 2.32. The Kier molecular flexibility index (Phi) is 6.45. The van der Waals surface area contributed by atoms with Gasteiger partial charge in [0.15, 0.2) is 0 Å². The molecule has 1 aliphatic carbocycles. The maximum Gasteiger partial charge on any atom is 0.344 e. The number of nitrogens with one attached hydrogen (secondary N) is 2. The van der Waals surface area contributed by atoms with Gasteiger partial charge in [-0.25, -0.2) is 4.79 Å². The maximum atomic E-state index is 12.8. The number of nitrogens with zero attached hydrogens (tertiary/aromatic N) is 3. The van der Waals surface area contributed by atoms with Crippen molar-refractivity contribution >= 4 is 23.8 Å². The van der Waals surface area contributed by atoms with E-state index < -0.39 is 17.5 Å². The van der Waals surface area contributed by atoms with Crippen LogP contribution in [0.4, 0.5) is 4.79 Å². The summed E-state index contributed by atoms with van der Waals surface area (Å²) in [5, 5.41) is 3.62. The minimum absolute atomic E-state index is 0.00568. The van der Waals surface area contributed by atoms with E-state index in [4.69, 9.17) is 0 Å². The van der Waals surface area contributed by atoms with Gasteiger partial charge in [-0.05, 0) is 37.0 Å². The average molecular weight is 442 g/mol. The second-order valence-corrected chi connectivity index (χ2v) is 8.87. The van der Waals surface area contributed by atoms with Gasteiger partial charge in [0, 0.05) is 31.7 Å². The molecule has 4 rings (SSSR count). The van der Waals surface area contributed by atoms with Gasteiger partial charge in [-0.15, -0.1) is 0 Å². The largest absolute Gasteiger partial charge is 0.344 e. The molecule has 1 aromatic carbocycles. The van der Waals surface area contributed by atoms with Crippen LogP contribution in [0.5, 0.6) is 0 Å². The summed E-state index contributed by atoms with van der Waals surface area (Å²) in [6, 6.07) is 7.10. The van der Waals surface area contributed by atoms with Crippen molar-refractivity contribution in [3.63, 3.8) is 0 Å². The molecule has 172 valence electrons. The Bertz CT molecular complexity index is 886. The summed E-state index contributed by atoms with van der Waals surface area (Å²) in [4.78, 5) is 54.0. The fourth-order valence-corrected chi connectivity index (χ4v) is 4.75. The van der Waals surface area contributed by atoms with Crippen molar-refractivity contribution in [1.82, 2.24) is 25.6 Å². The van der Waals surface area contributed by atoms with Gasteiger partial charge in [-0.3, -0.25) is 24.7 Å². The Balaban J connectivity index is 1.26. The molecule has 2 heterocycles. The molecule has 0 radical (unpaired) electrons. The van der Waals surface area contributed by atoms with E-state index in [1.54, 1.807) is 4.90 Å². The molecule has 0 bridgehead atoms. The smallest absolute Gasteiger partial charge is 0.336 e. The lowest BCUT2D eigenvalue weighted by atomic mass is 9.82. The van der Waals surface area contributed by atoms with Gasteiger partial charge in [-0.2, -0.15) is 5.01 Å². The highest BCUT2D eigenvalue weighted by atomic mass is 16.2. The fourth-order valence-electron chi connectivity index (χ4n) is 4.75. The van der Waals surface area contributed by atoms with Gasteiger partial charge in [0.05, 0.1) is 6.54 Å². The topological polar surface area (TPSA) is 102 Å². The summed E-state index contributed by atoms with van der Waals surface area (Å²) in [5.41, 5.74) is 3.48. The molecular weight excluding hydrogens is 410 g/mol. The van der Waals surface area contributed by atoms with E-state index in [9.17, 15) is 19.2 Å². The predicted molar refractivity (Wildman–Crippen MR) is 117 cm³/mol. The molecule has 9 heteroatoms. The molecule has 1 saturated carbocycles. The molecule has 3 aliphatic rings. The third kappa shape index (κ3) is 4.48. The van der Waals surface area contributed by atoms with E-state index >= 15 is 0 Å². The lowest BCUT2D eigenvalue weighted by Gasteiger charge is -2.34. The summed E-state index contributed by atoms with van der Waals surface area (Å²) in [6.45, 7) is 4.29. The number of carbonyl (C=O) groups excluding carboxylic acids is 4. The highest BCUT2D eigenvalue weighted by molar-refractivity contribution is 6.08. The third-order valence-corrected chi connectivity index (χ3v) is 6.74. The minimum atomic E-state index is -0.857. The average Bonchev–Trinajstić information content (AvgIpc) is 3.03. The first-order valence-electron chi connectivity index (χ1n) is 11.5. The SMILES string of the molecule is CCc1ccc(C(=O)N2CCN(CC(=O)NN3C(=O)NC4(CCCCC4)C3=O)CC2)cc1. The third-order valence-electron chi connectivity index (χ3n) is 6.74. The van der Waals surface area contributed by atoms with Crippen LogP contribution in [-0.2, 0) is 16.0 Å². The van der Waals surface area contributed by atoms with E-state index in [2.05, 4.69) is 17.7 Å². The van der Waals surface area contributed by atoms with Crippen molar-refractivity contribution in [3.05, 3.63) is 35.4 Å². The zero-order valence-electron chi connectivity index (χ0n) is 18.6. The second-order valence-electron chi connectivity index (χ2n) is 8.87. The lowest BCUT2D eigenvalue weighted by Crippen LogP contribution is -2.55. The Hall–Kier alpha value is -2.94. The number of urea groups is 1. The standard InChI is InChI=1S/C23H31N5O4/c1-2-17-6-8-18(9-7-17)20(30)27-14-12-26(13-15-27)16-19(29)25-28-21(31)23(24-22(28)32)10-4-3-5-11-23/h6-9H,2-5,10-16H2,1H3,(H,24,32)(H,25,29). The zero-order valence-corrected chi connectivity index (χ0v) is 18.6. The number of hydrazine groups is 1. The first-order chi connectivity index (χ1) is 15.4. The number of imide groups is 1. The number of hydrogen-bond acceptors (Lipinski definition) is 5. The predicted octanol–water partition coefficient (Wildman–Crippen LogP) is 1.29. The number of aryl methyl sites for hydroxylation is 1. The van der Waals surface area contributed by atoms with Gasteiger partial charge in [0.1, 0.15) is 5.54 Å². The molecule has 2 saturated heterocycles. The van der Waals surface area contributed by atoms with Gasteiger partial charge in [0.2, 0.25) is 0 Å². The zero-order chi connectivity index (χ0) is 22.7. The molecule has 3 fully saturated rings. The van der Waals surface area contributed by atoms with E-state index in [0.717, 1.165) is 30.7 Å². The summed E-state index contributed by atoms with van der Waals surface area (Å²) in [7, 11) is 0. The maximum absolute atomic E-state index is 12.8. The van der Waals surface area contributed by atoms with Gasteiger partial charge in [0.25, 0.3) is 17.7 Å². The molecular formula is C23H31N5O4. The molecule has 9 nitrogen and oxygen atoms in total. The van der Waals surface area contributed by atoms with Crippen LogP contribution in [-0.4, -0.2) is 76.8 Å². The van der Waals surface area contributed by atoms with E-state index in [-0.39, 0.29) is 18.4 Å². The summed E-state index contributed by atoms with van der Waals surface area (Å²) < 4.78 is 0. The molecule has 1 aromatic rings. The number of rotatable bonds is 5. The number of amides is 5. The van der Waals surface area contributed by atoms with Crippen LogP contribution in [0, 0.1) is 0 Å². The molecule has 0 atom stereocenters. The van der Waals surface area contributed by atoms with E-state index in [1.165, 1.54) is 5.56 Å². The summed E-state index contributed by atoms with van der Waals surface area (Å²) in [6.07, 6.45) is 4.98. The summed E-state index contributed by atoms with van der Waals surface area (Å²) in [5.74, 6) is -0.773. The van der Waals surface area contributed by atoms with E-state index in [0.29, 0.717) is 44.6 Å². The first kappa shape index (κ1) is 22.3. The van der Waals surface area contributed by atoms with Crippen molar-refractivity contribution in [2.75, 3.05) is 32.7 Å². The van der Waals surface area contributed by atoms with Crippen molar-refractivity contribution in [3.8, 4) is 0 Å². The van der Waals surface area contributed by atoms with Gasteiger partial charge in [-0.1, -0.05) is 38.3 Å². The van der Waals surface area contributed by atoms with Gasteiger partial charge >= 0.3 is 6.03 Å². The van der Waals surface area contributed by atoms with Crippen molar-refractivity contribution < 1.29 is 19.2 Å². The van der Waals surface area contributed by atoms with E-state index in [1.807, 2.05) is 29.2 Å². The number of carbonyl (C=O) groups is 4. The number of piperazine rings is 1. The molecule has 2 N–H and O–H groups in total. The number of hydrogen-bond donors (Lipinski definition) is 2. The Morgan fingerprint density at radius 2 is 1.66 bits per heavy atom. The molecule has 0 aromatic heterocycles. The monoisotopic (exact) mass is 441 g/mol. The lowest BCUT2D eigenvalue weighted by molar-refractivity contribution is -0.140. The molecule has 5 amide bonds. The van der Waals surface area contributed by atoms with Crippen LogP contribution in [0.2, 0.25) is 0 Å². The van der Waals surface area contributed by atoms with Crippen molar-refractivity contribution in [2.45, 2.75) is 51.0 Å². The van der Waals surface area contributed by atoms with Crippen molar-refractivity contribution in [1.29, 1.82) is 0 Å². The number of benzene rings is 1. The highest BCUT2D eigenvalue weighted by Gasteiger charge is 2.52. The molecule has 0 unspecified atom stereocenters. The Morgan fingerprint density at radius 1 is 1.00 bits per heavy atom. The van der Waals surface area contributed by atoms with Crippen molar-refractivity contribution in [2.24, 2.45) is 0 Å². The molecule has 2 aliphatic heterocycles. The van der Waals surface area contributed by atoms with Crippen LogP contribution < -0.4 is 10.7 Å². The fraction of sp³-hybridized carbons (Fsp3) is 0.565. The molecule has 32 heavy (non-hydrogen) atoms. The van der Waals surface area contributed by atoms with Crippen LogP contribution in [0.3, 0.4) is 0 Å². The normalized spacial score (nSPS) is 21.0. The van der Waals surface area contributed by atoms with Crippen LogP contribution >= 0.6 is 0 Å². The quantitative estimate of drug-likeness (QED) is 0.671. The van der Waals surface area contributed by atoms with Crippen LogP contribution in [0.15, 0.2) is 24.3 Å². The van der Waals surface area contributed by atoms with Gasteiger partial charge < -0.3 is 10.2 Å². The summed E-state index contributed by atoms with van der Waals surface area (Å²) >= 11 is 0.